The van der Waals surface area contributed by atoms with Gasteiger partial charge in [0.15, 0.2) is 18.1 Å². The number of thioether (sulfide) groups is 1. The summed E-state index contributed by atoms with van der Waals surface area (Å²) in [4.78, 5) is 24.9. The van der Waals surface area contributed by atoms with Gasteiger partial charge in [-0.3, -0.25) is 4.79 Å². The highest BCUT2D eigenvalue weighted by atomic mass is 32.2. The van der Waals surface area contributed by atoms with Crippen molar-refractivity contribution in [2.45, 2.75) is 5.37 Å². The molecule has 1 atom stereocenters. The molecule has 192 valence electrons. The van der Waals surface area contributed by atoms with Crippen molar-refractivity contribution in [2.75, 3.05) is 20.8 Å². The summed E-state index contributed by atoms with van der Waals surface area (Å²) in [6, 6.07) is 10.7. The molecule has 3 aromatic carbocycles. The van der Waals surface area contributed by atoms with Crippen molar-refractivity contribution in [3.05, 3.63) is 94.6 Å². The number of nitrogens with zero attached hydrogens (tertiary/aromatic N) is 2. The Labute approximate surface area is 212 Å². The van der Waals surface area contributed by atoms with Crippen LogP contribution in [-0.4, -0.2) is 42.8 Å². The number of carbonyl (C=O) groups is 2. The van der Waals surface area contributed by atoms with Crippen molar-refractivity contribution < 1.29 is 41.4 Å². The number of carbonyl (C=O) groups excluding carboxylic acids is 2. The van der Waals surface area contributed by atoms with E-state index in [2.05, 4.69) is 9.84 Å². The smallest absolute Gasteiger partial charge is 0.343 e. The van der Waals surface area contributed by atoms with Crippen LogP contribution in [0.2, 0.25) is 0 Å². The van der Waals surface area contributed by atoms with Crippen LogP contribution in [0.4, 0.5) is 17.6 Å². The van der Waals surface area contributed by atoms with Crippen molar-refractivity contribution in [1.82, 2.24) is 5.01 Å². The maximum atomic E-state index is 14.5. The van der Waals surface area contributed by atoms with Gasteiger partial charge in [0.25, 0.3) is 5.91 Å². The third-order valence-corrected chi connectivity index (χ3v) is 6.43. The fourth-order valence-corrected chi connectivity index (χ4v) is 4.68. The Morgan fingerprint density at radius 1 is 0.973 bits per heavy atom. The van der Waals surface area contributed by atoms with Gasteiger partial charge in [0.2, 0.25) is 0 Å². The first-order valence-corrected chi connectivity index (χ1v) is 11.5. The molecule has 1 heterocycles. The molecule has 0 N–H and O–H groups in total. The standard InChI is InChI=1S/C25H18F4N2O5S/c1-34-20(32)12-36-19-5-3-4-16(22(19)35-2)25-31(24(33)21-17(28)10-15(27)11-18(21)29)30-23(37-25)13-6-8-14(26)9-7-13/h3-11,25H,12H2,1-2H3. The summed E-state index contributed by atoms with van der Waals surface area (Å²) in [5.41, 5.74) is -0.260. The molecule has 4 rings (SSSR count). The number of benzene rings is 3. The van der Waals surface area contributed by atoms with Crippen molar-refractivity contribution in [2.24, 2.45) is 5.10 Å². The van der Waals surface area contributed by atoms with Gasteiger partial charge >= 0.3 is 5.97 Å². The van der Waals surface area contributed by atoms with E-state index >= 15 is 0 Å². The molecule has 0 bridgehead atoms. The van der Waals surface area contributed by atoms with E-state index in [0.29, 0.717) is 23.3 Å². The molecule has 3 aromatic rings. The van der Waals surface area contributed by atoms with E-state index in [9.17, 15) is 27.2 Å². The Morgan fingerprint density at radius 2 is 1.65 bits per heavy atom. The maximum Gasteiger partial charge on any atom is 0.343 e. The summed E-state index contributed by atoms with van der Waals surface area (Å²) in [6.45, 7) is -0.430. The number of rotatable bonds is 7. The van der Waals surface area contributed by atoms with Crippen LogP contribution >= 0.6 is 11.8 Å². The largest absolute Gasteiger partial charge is 0.492 e. The van der Waals surface area contributed by atoms with Crippen LogP contribution in [0.25, 0.3) is 0 Å². The molecule has 1 amide bonds. The van der Waals surface area contributed by atoms with E-state index < -0.39 is 52.7 Å². The van der Waals surface area contributed by atoms with Crippen molar-refractivity contribution in [3.63, 3.8) is 0 Å². The van der Waals surface area contributed by atoms with Crippen LogP contribution in [0.3, 0.4) is 0 Å². The average molecular weight is 534 g/mol. The number of ether oxygens (including phenoxy) is 3. The number of methoxy groups -OCH3 is 2. The Bertz CT molecular complexity index is 1360. The summed E-state index contributed by atoms with van der Waals surface area (Å²) < 4.78 is 71.5. The molecule has 0 spiro atoms. The van der Waals surface area contributed by atoms with E-state index in [-0.39, 0.29) is 16.5 Å². The lowest BCUT2D eigenvalue weighted by Crippen LogP contribution is -2.28. The zero-order chi connectivity index (χ0) is 26.7. The molecule has 12 heteroatoms. The summed E-state index contributed by atoms with van der Waals surface area (Å²) >= 11 is 1.02. The second kappa shape index (κ2) is 10.9. The molecule has 37 heavy (non-hydrogen) atoms. The van der Waals surface area contributed by atoms with Gasteiger partial charge in [-0.2, -0.15) is 5.10 Å². The molecule has 1 aliphatic heterocycles. The quantitative estimate of drug-likeness (QED) is 0.312. The number of hydrogen-bond donors (Lipinski definition) is 0. The van der Waals surface area contributed by atoms with Crippen LogP contribution in [0.15, 0.2) is 59.7 Å². The van der Waals surface area contributed by atoms with Gasteiger partial charge in [0.1, 0.15) is 39.2 Å². The fraction of sp³-hybridized carbons (Fsp3) is 0.160. The van der Waals surface area contributed by atoms with Gasteiger partial charge in [-0.15, -0.1) is 0 Å². The van der Waals surface area contributed by atoms with Gasteiger partial charge in [0.05, 0.1) is 14.2 Å². The van der Waals surface area contributed by atoms with Crippen LogP contribution in [-0.2, 0) is 9.53 Å². The number of para-hydroxylation sites is 1. The Hall–Kier alpha value is -4.06. The highest BCUT2D eigenvalue weighted by Crippen LogP contribution is 2.47. The van der Waals surface area contributed by atoms with Crippen LogP contribution in [0, 0.1) is 23.3 Å². The van der Waals surface area contributed by atoms with E-state index in [4.69, 9.17) is 9.47 Å². The Morgan fingerprint density at radius 3 is 2.27 bits per heavy atom. The maximum absolute atomic E-state index is 14.5. The third-order valence-electron chi connectivity index (χ3n) is 5.22. The fourth-order valence-electron chi connectivity index (χ4n) is 3.51. The monoisotopic (exact) mass is 534 g/mol. The predicted molar refractivity (Wildman–Crippen MR) is 126 cm³/mol. The molecule has 0 radical (unpaired) electrons. The van der Waals surface area contributed by atoms with Gasteiger partial charge in [-0.1, -0.05) is 23.9 Å². The second-order valence-corrected chi connectivity index (χ2v) is 8.59. The minimum atomic E-state index is -1.40. The summed E-state index contributed by atoms with van der Waals surface area (Å²) in [5, 5.41) is 4.29. The predicted octanol–water partition coefficient (Wildman–Crippen LogP) is 5.05. The number of halogens is 4. The normalized spacial score (nSPS) is 14.8. The number of amides is 1. The summed E-state index contributed by atoms with van der Waals surface area (Å²) in [6.07, 6.45) is 0. The molecule has 0 aromatic heterocycles. The Kier molecular flexibility index (Phi) is 7.67. The molecule has 1 aliphatic rings. The van der Waals surface area contributed by atoms with Crippen LogP contribution < -0.4 is 9.47 Å². The molecule has 7 nitrogen and oxygen atoms in total. The van der Waals surface area contributed by atoms with E-state index in [1.54, 1.807) is 12.1 Å². The number of hydrogen-bond acceptors (Lipinski definition) is 7. The number of hydrazone groups is 1. The minimum absolute atomic E-state index is 0.123. The lowest BCUT2D eigenvalue weighted by atomic mass is 10.1. The molecule has 0 saturated carbocycles. The van der Waals surface area contributed by atoms with Gasteiger partial charge in [-0.25, -0.2) is 27.4 Å². The van der Waals surface area contributed by atoms with Crippen LogP contribution in [0.1, 0.15) is 26.9 Å². The third kappa shape index (κ3) is 5.38. The Balaban J connectivity index is 1.80. The highest BCUT2D eigenvalue weighted by molar-refractivity contribution is 8.14. The lowest BCUT2D eigenvalue weighted by molar-refractivity contribution is -0.142. The molecule has 0 saturated heterocycles. The van der Waals surface area contributed by atoms with E-state index in [1.165, 1.54) is 44.6 Å². The minimum Gasteiger partial charge on any atom is -0.492 e. The zero-order valence-electron chi connectivity index (χ0n) is 19.3. The SMILES string of the molecule is COC(=O)COc1cccc(C2SC(c3ccc(F)cc3)=NN2C(=O)c2c(F)cc(F)cc2F)c1OC. The lowest BCUT2D eigenvalue weighted by Gasteiger charge is -2.24. The van der Waals surface area contributed by atoms with E-state index in [1.807, 2.05) is 0 Å². The molecule has 1 unspecified atom stereocenters. The second-order valence-electron chi connectivity index (χ2n) is 7.52. The first-order chi connectivity index (χ1) is 17.7. The topological polar surface area (TPSA) is 77.4 Å². The van der Waals surface area contributed by atoms with Crippen molar-refractivity contribution in [3.8, 4) is 11.5 Å². The molecule has 0 aliphatic carbocycles. The first kappa shape index (κ1) is 26.0. The molecule has 0 fully saturated rings. The molecular weight excluding hydrogens is 516 g/mol. The van der Waals surface area contributed by atoms with Gasteiger partial charge < -0.3 is 14.2 Å². The molecular formula is C25H18F4N2O5S. The number of esters is 1. The highest BCUT2D eigenvalue weighted by Gasteiger charge is 2.39. The first-order valence-electron chi connectivity index (χ1n) is 10.6. The van der Waals surface area contributed by atoms with E-state index in [0.717, 1.165) is 16.8 Å². The van der Waals surface area contributed by atoms with Gasteiger partial charge in [-0.05, 0) is 30.3 Å². The average Bonchev–Trinajstić information content (AvgIpc) is 3.32. The van der Waals surface area contributed by atoms with Crippen molar-refractivity contribution in [1.29, 1.82) is 0 Å². The summed E-state index contributed by atoms with van der Waals surface area (Å²) in [5.74, 6) is -6.07. The zero-order valence-corrected chi connectivity index (χ0v) is 20.2. The summed E-state index contributed by atoms with van der Waals surface area (Å²) in [7, 11) is 2.52. The van der Waals surface area contributed by atoms with Crippen LogP contribution in [0.5, 0.6) is 11.5 Å². The van der Waals surface area contributed by atoms with Crippen molar-refractivity contribution >= 4 is 28.7 Å². The van der Waals surface area contributed by atoms with Gasteiger partial charge in [0, 0.05) is 23.3 Å².